The van der Waals surface area contributed by atoms with Crippen LogP contribution in [0.1, 0.15) is 38.8 Å². The van der Waals surface area contributed by atoms with E-state index in [4.69, 9.17) is 4.74 Å². The van der Waals surface area contributed by atoms with Crippen LogP contribution in [0.25, 0.3) is 0 Å². The highest BCUT2D eigenvalue weighted by molar-refractivity contribution is 9.10. The van der Waals surface area contributed by atoms with Gasteiger partial charge in [0.25, 0.3) is 10.0 Å². The molecule has 0 aliphatic rings. The first-order valence-corrected chi connectivity index (χ1v) is 15.1. The number of rotatable bonds is 10. The van der Waals surface area contributed by atoms with Crippen LogP contribution in [-0.2, 0) is 26.2 Å². The summed E-state index contributed by atoms with van der Waals surface area (Å²) in [5.41, 5.74) is 1.22. The molecule has 0 saturated heterocycles. The van der Waals surface area contributed by atoms with Crippen LogP contribution in [0.3, 0.4) is 0 Å². The van der Waals surface area contributed by atoms with Gasteiger partial charge in [0.2, 0.25) is 11.8 Å². The standard InChI is InChI=1S/C30H35BrFN3O5S/c1-20-7-13-24(14-8-20)35(41(38,39)25-15-16-27(40-6)26(31)17-25)19-28(36)34(18-22-9-11-23(32)12-10-22)21(2)29(37)33-30(3,4)5/h7-17,21H,18-19H2,1-6H3,(H,33,37)/t21-/m1/s1. The maximum absolute atomic E-state index is 14.0. The Hall–Kier alpha value is -3.44. The number of aryl methyl sites for hydroxylation is 1. The number of ether oxygens (including phenoxy) is 1. The van der Waals surface area contributed by atoms with Gasteiger partial charge in [-0.2, -0.15) is 0 Å². The lowest BCUT2D eigenvalue weighted by Crippen LogP contribution is -2.54. The fourth-order valence-corrected chi connectivity index (χ4v) is 6.15. The molecule has 8 nitrogen and oxygen atoms in total. The summed E-state index contributed by atoms with van der Waals surface area (Å²) in [6.45, 7) is 8.30. The van der Waals surface area contributed by atoms with E-state index in [1.54, 1.807) is 31.2 Å². The number of amides is 2. The number of halogens is 2. The summed E-state index contributed by atoms with van der Waals surface area (Å²) in [6.07, 6.45) is 0. The van der Waals surface area contributed by atoms with E-state index in [1.807, 2.05) is 27.7 Å². The Balaban J connectivity index is 2.05. The van der Waals surface area contributed by atoms with E-state index in [0.29, 0.717) is 15.8 Å². The number of hydrogen-bond acceptors (Lipinski definition) is 5. The van der Waals surface area contributed by atoms with Gasteiger partial charge >= 0.3 is 0 Å². The van der Waals surface area contributed by atoms with E-state index >= 15 is 0 Å². The van der Waals surface area contributed by atoms with Crippen molar-refractivity contribution < 1.29 is 27.1 Å². The van der Waals surface area contributed by atoms with Crippen molar-refractivity contribution in [1.82, 2.24) is 10.2 Å². The monoisotopic (exact) mass is 647 g/mol. The summed E-state index contributed by atoms with van der Waals surface area (Å²) >= 11 is 3.34. The maximum Gasteiger partial charge on any atom is 0.264 e. The van der Waals surface area contributed by atoms with Gasteiger partial charge in [0, 0.05) is 12.1 Å². The van der Waals surface area contributed by atoms with Crippen LogP contribution in [0, 0.1) is 12.7 Å². The number of carbonyl (C=O) groups excluding carboxylic acids is 2. The van der Waals surface area contributed by atoms with E-state index in [-0.39, 0.29) is 17.1 Å². The number of carbonyl (C=O) groups is 2. The second-order valence-corrected chi connectivity index (χ2v) is 13.4. The summed E-state index contributed by atoms with van der Waals surface area (Å²) in [6, 6.07) is 15.7. The van der Waals surface area contributed by atoms with Crippen LogP contribution in [0.5, 0.6) is 5.75 Å². The molecule has 3 rings (SSSR count). The van der Waals surface area contributed by atoms with Gasteiger partial charge in [0.15, 0.2) is 0 Å². The highest BCUT2D eigenvalue weighted by Crippen LogP contribution is 2.31. The number of anilines is 1. The third kappa shape index (κ3) is 8.29. The van der Waals surface area contributed by atoms with Gasteiger partial charge in [0.05, 0.1) is 22.2 Å². The van der Waals surface area contributed by atoms with Gasteiger partial charge in [-0.25, -0.2) is 12.8 Å². The number of benzene rings is 3. The summed E-state index contributed by atoms with van der Waals surface area (Å²) < 4.78 is 48.2. The lowest BCUT2D eigenvalue weighted by Gasteiger charge is -2.33. The molecular formula is C30H35BrFN3O5S. The summed E-state index contributed by atoms with van der Waals surface area (Å²) in [5, 5.41) is 2.87. The van der Waals surface area contributed by atoms with E-state index in [9.17, 15) is 22.4 Å². The minimum Gasteiger partial charge on any atom is -0.496 e. The van der Waals surface area contributed by atoms with Crippen LogP contribution in [0.4, 0.5) is 10.1 Å². The Morgan fingerprint density at radius 1 is 1.02 bits per heavy atom. The average molecular weight is 649 g/mol. The zero-order valence-corrected chi connectivity index (χ0v) is 26.3. The Morgan fingerprint density at radius 2 is 1.63 bits per heavy atom. The molecule has 11 heteroatoms. The molecule has 0 unspecified atom stereocenters. The van der Waals surface area contributed by atoms with Crippen LogP contribution >= 0.6 is 15.9 Å². The Kier molecular flexibility index (Phi) is 10.2. The quantitative estimate of drug-likeness (QED) is 0.317. The predicted molar refractivity (Wildman–Crippen MR) is 161 cm³/mol. The molecule has 1 N–H and O–H groups in total. The minimum atomic E-state index is -4.25. The molecule has 0 aliphatic heterocycles. The molecule has 1 atom stereocenters. The molecule has 3 aromatic rings. The molecule has 2 amide bonds. The number of sulfonamides is 1. The molecule has 220 valence electrons. The lowest BCUT2D eigenvalue weighted by molar-refractivity contribution is -0.140. The highest BCUT2D eigenvalue weighted by Gasteiger charge is 2.33. The topological polar surface area (TPSA) is 96.0 Å². The number of hydrogen-bond donors (Lipinski definition) is 1. The highest BCUT2D eigenvalue weighted by atomic mass is 79.9. The smallest absolute Gasteiger partial charge is 0.264 e. The molecule has 41 heavy (non-hydrogen) atoms. The van der Waals surface area contributed by atoms with Crippen molar-refractivity contribution >= 4 is 43.5 Å². The Labute approximate surface area is 249 Å². The van der Waals surface area contributed by atoms with Crippen molar-refractivity contribution in [3.63, 3.8) is 0 Å². The van der Waals surface area contributed by atoms with Gasteiger partial charge in [-0.15, -0.1) is 0 Å². The van der Waals surface area contributed by atoms with Gasteiger partial charge in [-0.3, -0.25) is 13.9 Å². The Morgan fingerprint density at radius 3 is 2.17 bits per heavy atom. The number of nitrogens with zero attached hydrogens (tertiary/aromatic N) is 2. The molecular weight excluding hydrogens is 613 g/mol. The molecule has 0 saturated carbocycles. The van der Waals surface area contributed by atoms with Crippen LogP contribution < -0.4 is 14.4 Å². The first kappa shape index (κ1) is 32.1. The van der Waals surface area contributed by atoms with Crippen LogP contribution in [0.15, 0.2) is 76.1 Å². The third-order valence-corrected chi connectivity index (χ3v) is 8.63. The van der Waals surface area contributed by atoms with Crippen LogP contribution in [0.2, 0.25) is 0 Å². The van der Waals surface area contributed by atoms with Crippen molar-refractivity contribution in [2.45, 2.75) is 57.6 Å². The summed E-state index contributed by atoms with van der Waals surface area (Å²) in [4.78, 5) is 28.4. The van der Waals surface area contributed by atoms with Crippen LogP contribution in [-0.4, -0.2) is 50.4 Å². The van der Waals surface area contributed by atoms with Crippen molar-refractivity contribution in [2.24, 2.45) is 0 Å². The zero-order chi connectivity index (χ0) is 30.5. The van der Waals surface area contributed by atoms with Crippen molar-refractivity contribution in [3.05, 3.63) is 88.1 Å². The maximum atomic E-state index is 14.0. The van der Waals surface area contributed by atoms with E-state index in [1.165, 1.54) is 54.5 Å². The summed E-state index contributed by atoms with van der Waals surface area (Å²) in [7, 11) is -2.78. The van der Waals surface area contributed by atoms with E-state index in [2.05, 4.69) is 21.2 Å². The van der Waals surface area contributed by atoms with Crippen molar-refractivity contribution in [3.8, 4) is 5.75 Å². The predicted octanol–water partition coefficient (Wildman–Crippen LogP) is 5.43. The third-order valence-electron chi connectivity index (χ3n) is 6.24. The van der Waals surface area contributed by atoms with Gasteiger partial charge in [0.1, 0.15) is 24.2 Å². The molecule has 0 aliphatic carbocycles. The average Bonchev–Trinajstić information content (AvgIpc) is 2.90. The second-order valence-electron chi connectivity index (χ2n) is 10.7. The normalized spacial score (nSPS) is 12.4. The molecule has 0 bridgehead atoms. The number of nitrogens with one attached hydrogen (secondary N) is 1. The summed E-state index contributed by atoms with van der Waals surface area (Å²) in [5.74, 6) is -1.00. The largest absolute Gasteiger partial charge is 0.496 e. The van der Waals surface area contributed by atoms with Gasteiger partial charge in [-0.05, 0) is 98.6 Å². The SMILES string of the molecule is COc1ccc(S(=O)(=O)N(CC(=O)N(Cc2ccc(F)cc2)[C@H](C)C(=O)NC(C)(C)C)c2ccc(C)cc2)cc1Br. The van der Waals surface area contributed by atoms with Gasteiger partial charge < -0.3 is 15.0 Å². The Bertz CT molecular complexity index is 1490. The fraction of sp³-hybridized carbons (Fsp3) is 0.333. The minimum absolute atomic E-state index is 0.0340. The van der Waals surface area contributed by atoms with E-state index < -0.39 is 45.8 Å². The zero-order valence-electron chi connectivity index (χ0n) is 23.9. The fourth-order valence-electron chi connectivity index (χ4n) is 4.02. The molecule has 0 aromatic heterocycles. The van der Waals surface area contributed by atoms with Gasteiger partial charge in [-0.1, -0.05) is 29.8 Å². The van der Waals surface area contributed by atoms with E-state index in [0.717, 1.165) is 9.87 Å². The molecule has 0 spiro atoms. The molecule has 0 fully saturated rings. The first-order valence-electron chi connectivity index (χ1n) is 12.9. The molecule has 0 radical (unpaired) electrons. The lowest BCUT2D eigenvalue weighted by atomic mass is 10.1. The molecule has 0 heterocycles. The second kappa shape index (κ2) is 13.0. The first-order chi connectivity index (χ1) is 19.1. The number of methoxy groups -OCH3 is 1. The molecule has 3 aromatic carbocycles. The van der Waals surface area contributed by atoms with Crippen molar-refractivity contribution in [2.75, 3.05) is 18.0 Å². The van der Waals surface area contributed by atoms with Crippen molar-refractivity contribution in [1.29, 1.82) is 0 Å².